The fourth-order valence-electron chi connectivity index (χ4n) is 2.05. The van der Waals surface area contributed by atoms with Gasteiger partial charge < -0.3 is 15.7 Å². The molecule has 0 spiro atoms. The molecule has 0 unspecified atom stereocenters. The standard InChI is InChI=1S/C17H20N2O2/c1-13-7-5-6-10-16(13)19-17(21)18-12-15(20)11-14-8-3-2-4-9-14/h2-10,15,20H,11-12H2,1H3,(H2,18,19,21)/t15-/m1/s1. The number of aliphatic hydroxyl groups excluding tert-OH is 1. The maximum absolute atomic E-state index is 11.8. The quantitative estimate of drug-likeness (QED) is 0.790. The van der Waals surface area contributed by atoms with E-state index in [0.29, 0.717) is 6.42 Å². The van der Waals surface area contributed by atoms with Gasteiger partial charge in [0.25, 0.3) is 0 Å². The van der Waals surface area contributed by atoms with Crippen molar-refractivity contribution in [3.05, 3.63) is 65.7 Å². The zero-order valence-corrected chi connectivity index (χ0v) is 12.0. The van der Waals surface area contributed by atoms with Crippen LogP contribution in [0.1, 0.15) is 11.1 Å². The molecule has 21 heavy (non-hydrogen) atoms. The summed E-state index contributed by atoms with van der Waals surface area (Å²) in [4.78, 5) is 11.8. The van der Waals surface area contributed by atoms with Gasteiger partial charge in [-0.3, -0.25) is 0 Å². The molecule has 2 aromatic rings. The number of aliphatic hydroxyl groups is 1. The van der Waals surface area contributed by atoms with Gasteiger partial charge in [-0.15, -0.1) is 0 Å². The highest BCUT2D eigenvalue weighted by Crippen LogP contribution is 2.12. The van der Waals surface area contributed by atoms with Crippen LogP contribution in [0, 0.1) is 6.92 Å². The second-order valence-corrected chi connectivity index (χ2v) is 4.99. The van der Waals surface area contributed by atoms with Gasteiger partial charge in [0, 0.05) is 18.7 Å². The van der Waals surface area contributed by atoms with Crippen molar-refractivity contribution in [1.29, 1.82) is 0 Å². The van der Waals surface area contributed by atoms with Crippen molar-refractivity contribution in [2.75, 3.05) is 11.9 Å². The predicted molar refractivity (Wildman–Crippen MR) is 84.4 cm³/mol. The van der Waals surface area contributed by atoms with E-state index in [9.17, 15) is 9.90 Å². The van der Waals surface area contributed by atoms with Crippen molar-refractivity contribution in [2.24, 2.45) is 0 Å². The first kappa shape index (κ1) is 15.1. The van der Waals surface area contributed by atoms with Crippen LogP contribution in [0.25, 0.3) is 0 Å². The summed E-state index contributed by atoms with van der Waals surface area (Å²) in [7, 11) is 0. The molecule has 0 fully saturated rings. The van der Waals surface area contributed by atoms with Crippen molar-refractivity contribution in [3.63, 3.8) is 0 Å². The highest BCUT2D eigenvalue weighted by atomic mass is 16.3. The van der Waals surface area contributed by atoms with Crippen LogP contribution in [-0.4, -0.2) is 23.8 Å². The smallest absolute Gasteiger partial charge is 0.319 e. The third-order valence-corrected chi connectivity index (χ3v) is 3.21. The molecule has 0 radical (unpaired) electrons. The molecule has 0 saturated carbocycles. The maximum atomic E-state index is 11.8. The molecule has 2 amide bonds. The number of hydrogen-bond donors (Lipinski definition) is 3. The molecule has 0 aliphatic heterocycles. The molecule has 4 nitrogen and oxygen atoms in total. The Morgan fingerprint density at radius 2 is 1.76 bits per heavy atom. The highest BCUT2D eigenvalue weighted by Gasteiger charge is 2.08. The van der Waals surface area contributed by atoms with Gasteiger partial charge in [0.15, 0.2) is 0 Å². The van der Waals surface area contributed by atoms with Crippen LogP contribution in [0.5, 0.6) is 0 Å². The number of anilines is 1. The van der Waals surface area contributed by atoms with Gasteiger partial charge in [0.2, 0.25) is 0 Å². The van der Waals surface area contributed by atoms with E-state index in [1.54, 1.807) is 0 Å². The van der Waals surface area contributed by atoms with E-state index >= 15 is 0 Å². The number of benzene rings is 2. The monoisotopic (exact) mass is 284 g/mol. The van der Waals surface area contributed by atoms with Gasteiger partial charge >= 0.3 is 6.03 Å². The highest BCUT2D eigenvalue weighted by molar-refractivity contribution is 5.89. The Morgan fingerprint density at radius 3 is 2.48 bits per heavy atom. The average Bonchev–Trinajstić information content (AvgIpc) is 2.49. The fourth-order valence-corrected chi connectivity index (χ4v) is 2.05. The fraction of sp³-hybridized carbons (Fsp3) is 0.235. The van der Waals surface area contributed by atoms with Crippen molar-refractivity contribution in [1.82, 2.24) is 5.32 Å². The molecule has 0 bridgehead atoms. The van der Waals surface area contributed by atoms with Gasteiger partial charge in [0.05, 0.1) is 6.10 Å². The van der Waals surface area contributed by atoms with Crippen LogP contribution in [0.2, 0.25) is 0 Å². The van der Waals surface area contributed by atoms with E-state index in [0.717, 1.165) is 16.8 Å². The lowest BCUT2D eigenvalue weighted by atomic mass is 10.1. The van der Waals surface area contributed by atoms with Crippen molar-refractivity contribution in [3.8, 4) is 0 Å². The molecule has 1 atom stereocenters. The van der Waals surface area contributed by atoms with Gasteiger partial charge in [-0.05, 0) is 24.1 Å². The van der Waals surface area contributed by atoms with E-state index < -0.39 is 6.10 Å². The van der Waals surface area contributed by atoms with Crippen molar-refractivity contribution < 1.29 is 9.90 Å². The summed E-state index contributed by atoms with van der Waals surface area (Å²) >= 11 is 0. The van der Waals surface area contributed by atoms with Crippen LogP contribution >= 0.6 is 0 Å². The lowest BCUT2D eigenvalue weighted by molar-refractivity contribution is 0.172. The molecule has 0 aliphatic rings. The minimum atomic E-state index is -0.602. The minimum absolute atomic E-state index is 0.215. The lowest BCUT2D eigenvalue weighted by Crippen LogP contribution is -2.36. The number of amides is 2. The van der Waals surface area contributed by atoms with Crippen molar-refractivity contribution >= 4 is 11.7 Å². The number of rotatable bonds is 5. The zero-order chi connectivity index (χ0) is 15.1. The van der Waals surface area contributed by atoms with Crippen molar-refractivity contribution in [2.45, 2.75) is 19.4 Å². The molecule has 3 N–H and O–H groups in total. The summed E-state index contributed by atoms with van der Waals surface area (Å²) in [5.41, 5.74) is 2.82. The van der Waals surface area contributed by atoms with Gasteiger partial charge in [-0.1, -0.05) is 48.5 Å². The Hall–Kier alpha value is -2.33. The first-order valence-corrected chi connectivity index (χ1v) is 6.97. The Morgan fingerprint density at radius 1 is 1.10 bits per heavy atom. The van der Waals surface area contributed by atoms with Crippen LogP contribution in [0.3, 0.4) is 0 Å². The van der Waals surface area contributed by atoms with Gasteiger partial charge in [0.1, 0.15) is 0 Å². The van der Waals surface area contributed by atoms with Gasteiger partial charge in [-0.25, -0.2) is 4.79 Å². The van der Waals surface area contributed by atoms with Crippen LogP contribution in [0.4, 0.5) is 10.5 Å². The molecule has 2 aromatic carbocycles. The third-order valence-electron chi connectivity index (χ3n) is 3.21. The summed E-state index contributed by atoms with van der Waals surface area (Å²) in [6.45, 7) is 2.15. The summed E-state index contributed by atoms with van der Waals surface area (Å²) < 4.78 is 0. The molecular formula is C17H20N2O2. The van der Waals surface area contributed by atoms with E-state index in [2.05, 4.69) is 10.6 Å². The molecule has 4 heteroatoms. The second-order valence-electron chi connectivity index (χ2n) is 4.99. The molecule has 0 heterocycles. The number of urea groups is 1. The number of nitrogens with one attached hydrogen (secondary N) is 2. The summed E-state index contributed by atoms with van der Waals surface area (Å²) in [6, 6.07) is 17.0. The number of hydrogen-bond acceptors (Lipinski definition) is 2. The minimum Gasteiger partial charge on any atom is -0.391 e. The second kappa shape index (κ2) is 7.45. The molecule has 0 saturated heterocycles. The topological polar surface area (TPSA) is 61.4 Å². The van der Waals surface area contributed by atoms with Crippen LogP contribution in [-0.2, 0) is 6.42 Å². The van der Waals surface area contributed by atoms with Crippen LogP contribution in [0.15, 0.2) is 54.6 Å². The lowest BCUT2D eigenvalue weighted by Gasteiger charge is -2.13. The summed E-state index contributed by atoms with van der Waals surface area (Å²) in [5.74, 6) is 0. The summed E-state index contributed by atoms with van der Waals surface area (Å²) in [6.07, 6.45) is -0.0825. The third kappa shape index (κ3) is 4.93. The van der Waals surface area contributed by atoms with E-state index in [4.69, 9.17) is 0 Å². The van der Waals surface area contributed by atoms with Crippen LogP contribution < -0.4 is 10.6 Å². The number of carbonyl (C=O) groups excluding carboxylic acids is 1. The zero-order valence-electron chi connectivity index (χ0n) is 12.0. The Labute approximate surface area is 124 Å². The predicted octanol–water partition coefficient (Wildman–Crippen LogP) is 2.72. The van der Waals surface area contributed by atoms with E-state index in [-0.39, 0.29) is 12.6 Å². The molecule has 0 aromatic heterocycles. The largest absolute Gasteiger partial charge is 0.391 e. The normalized spacial score (nSPS) is 11.7. The molecule has 2 rings (SSSR count). The molecule has 0 aliphatic carbocycles. The summed E-state index contributed by atoms with van der Waals surface area (Å²) in [5, 5.41) is 15.4. The maximum Gasteiger partial charge on any atom is 0.319 e. The first-order valence-electron chi connectivity index (χ1n) is 6.97. The number of carbonyl (C=O) groups is 1. The van der Waals surface area contributed by atoms with E-state index in [1.165, 1.54) is 0 Å². The number of aryl methyl sites for hydroxylation is 1. The van der Waals surface area contributed by atoms with Gasteiger partial charge in [-0.2, -0.15) is 0 Å². The molecule has 110 valence electrons. The average molecular weight is 284 g/mol. The van der Waals surface area contributed by atoms with E-state index in [1.807, 2.05) is 61.5 Å². The Bertz CT molecular complexity index is 584. The molecular weight excluding hydrogens is 264 g/mol. The SMILES string of the molecule is Cc1ccccc1NC(=O)NC[C@H](O)Cc1ccccc1. The Kier molecular flexibility index (Phi) is 5.35. The first-order chi connectivity index (χ1) is 10.1. The number of para-hydroxylation sites is 1. The Balaban J connectivity index is 1.77.